The maximum absolute atomic E-state index is 12.2. The number of nitrogens with zero attached hydrogens (tertiary/aromatic N) is 1. The molecule has 0 radical (unpaired) electrons. The molecule has 3 nitrogen and oxygen atoms in total. The molecule has 0 atom stereocenters. The molecular formula is C16H15IN2O. The van der Waals surface area contributed by atoms with Crippen molar-refractivity contribution in [3.8, 4) is 0 Å². The van der Waals surface area contributed by atoms with E-state index < -0.39 is 0 Å². The van der Waals surface area contributed by atoms with Crippen molar-refractivity contribution in [2.75, 3.05) is 0 Å². The van der Waals surface area contributed by atoms with Crippen LogP contribution in [0.25, 0.3) is 0 Å². The molecule has 20 heavy (non-hydrogen) atoms. The van der Waals surface area contributed by atoms with E-state index in [4.69, 9.17) is 4.98 Å². The van der Waals surface area contributed by atoms with Gasteiger partial charge in [-0.3, -0.25) is 4.79 Å². The van der Waals surface area contributed by atoms with Gasteiger partial charge in [-0.15, -0.1) is 0 Å². The first-order chi connectivity index (χ1) is 9.71. The van der Waals surface area contributed by atoms with Gasteiger partial charge >= 0.3 is 0 Å². The monoisotopic (exact) mass is 378 g/mol. The highest BCUT2D eigenvalue weighted by atomic mass is 127. The summed E-state index contributed by atoms with van der Waals surface area (Å²) in [6.07, 6.45) is 4.49. The number of hydrogen-bond acceptors (Lipinski definition) is 2. The highest BCUT2D eigenvalue weighted by Gasteiger charge is 2.48. The first-order valence-electron chi connectivity index (χ1n) is 7.06. The Bertz CT molecular complexity index is 715. The molecule has 0 unspecified atom stereocenters. The predicted molar refractivity (Wildman–Crippen MR) is 86.0 cm³/mol. The molecule has 2 saturated carbocycles. The number of H-pyrrole nitrogens is 1. The van der Waals surface area contributed by atoms with E-state index in [0.29, 0.717) is 5.92 Å². The standard InChI is InChI=1S/C16H15IN2O/c17-12-13(10-6-7-10)18-15(19-14(12)20)16(8-9-16)11-4-2-1-3-5-11/h1-5,10H,6-9H2,(H,18,19,20). The Labute approximate surface area is 131 Å². The summed E-state index contributed by atoms with van der Waals surface area (Å²) in [5.41, 5.74) is 2.27. The van der Waals surface area contributed by atoms with Gasteiger partial charge in [-0.1, -0.05) is 30.3 Å². The van der Waals surface area contributed by atoms with Crippen molar-refractivity contribution in [3.05, 3.63) is 61.3 Å². The van der Waals surface area contributed by atoms with E-state index in [1.165, 1.54) is 18.4 Å². The third-order valence-electron chi connectivity index (χ3n) is 4.38. The number of aromatic amines is 1. The van der Waals surface area contributed by atoms with Crippen LogP contribution >= 0.6 is 22.6 Å². The lowest BCUT2D eigenvalue weighted by Crippen LogP contribution is -2.23. The van der Waals surface area contributed by atoms with Crippen LogP contribution in [0, 0.1) is 3.57 Å². The summed E-state index contributed by atoms with van der Waals surface area (Å²) in [6.45, 7) is 0. The van der Waals surface area contributed by atoms with Crippen LogP contribution in [-0.4, -0.2) is 9.97 Å². The Hall–Kier alpha value is -1.17. The van der Waals surface area contributed by atoms with E-state index in [1.54, 1.807) is 0 Å². The predicted octanol–water partition coefficient (Wildman–Crippen LogP) is 3.33. The van der Waals surface area contributed by atoms with Crippen LogP contribution in [0.5, 0.6) is 0 Å². The maximum atomic E-state index is 12.2. The summed E-state index contributed by atoms with van der Waals surface area (Å²) < 4.78 is 0.776. The van der Waals surface area contributed by atoms with Crippen molar-refractivity contribution in [1.82, 2.24) is 9.97 Å². The topological polar surface area (TPSA) is 45.8 Å². The summed E-state index contributed by atoms with van der Waals surface area (Å²) in [4.78, 5) is 20.1. The number of halogens is 1. The molecule has 0 spiro atoms. The number of benzene rings is 1. The fourth-order valence-corrected chi connectivity index (χ4v) is 3.57. The third-order valence-corrected chi connectivity index (χ3v) is 5.42. The van der Waals surface area contributed by atoms with Gasteiger partial charge in [-0.2, -0.15) is 0 Å². The maximum Gasteiger partial charge on any atom is 0.264 e. The van der Waals surface area contributed by atoms with Crippen LogP contribution in [0.3, 0.4) is 0 Å². The van der Waals surface area contributed by atoms with Gasteiger partial charge in [0.2, 0.25) is 0 Å². The van der Waals surface area contributed by atoms with Gasteiger partial charge in [0.1, 0.15) is 5.82 Å². The Balaban J connectivity index is 1.85. The van der Waals surface area contributed by atoms with Crippen LogP contribution in [0.1, 0.15) is 48.7 Å². The lowest BCUT2D eigenvalue weighted by atomic mass is 9.95. The summed E-state index contributed by atoms with van der Waals surface area (Å²) in [7, 11) is 0. The first-order valence-corrected chi connectivity index (χ1v) is 8.14. The lowest BCUT2D eigenvalue weighted by molar-refractivity contribution is 0.727. The van der Waals surface area contributed by atoms with E-state index in [9.17, 15) is 4.79 Å². The largest absolute Gasteiger partial charge is 0.309 e. The van der Waals surface area contributed by atoms with Gasteiger partial charge in [0.15, 0.2) is 0 Å². The van der Waals surface area contributed by atoms with Crippen molar-refractivity contribution in [1.29, 1.82) is 0 Å². The smallest absolute Gasteiger partial charge is 0.264 e. The normalized spacial score (nSPS) is 19.9. The molecule has 4 heteroatoms. The lowest BCUT2D eigenvalue weighted by Gasteiger charge is -2.16. The molecule has 2 aromatic rings. The molecule has 4 rings (SSSR count). The number of aromatic nitrogens is 2. The van der Waals surface area contributed by atoms with Crippen molar-refractivity contribution >= 4 is 22.6 Å². The zero-order chi connectivity index (χ0) is 13.7. The van der Waals surface area contributed by atoms with Crippen LogP contribution < -0.4 is 5.56 Å². The summed E-state index contributed by atoms with van der Waals surface area (Å²) in [6, 6.07) is 10.4. The molecule has 0 aliphatic heterocycles. The molecule has 0 bridgehead atoms. The van der Waals surface area contributed by atoms with Crippen LogP contribution in [-0.2, 0) is 5.41 Å². The van der Waals surface area contributed by atoms with Gasteiger partial charge in [-0.25, -0.2) is 4.98 Å². The van der Waals surface area contributed by atoms with Gasteiger partial charge in [-0.05, 0) is 53.8 Å². The number of rotatable bonds is 3. The van der Waals surface area contributed by atoms with E-state index in [-0.39, 0.29) is 11.0 Å². The van der Waals surface area contributed by atoms with Gasteiger partial charge in [0.05, 0.1) is 14.7 Å². The van der Waals surface area contributed by atoms with Gasteiger partial charge in [0.25, 0.3) is 5.56 Å². The molecule has 0 saturated heterocycles. The zero-order valence-corrected chi connectivity index (χ0v) is 13.2. The average Bonchev–Trinajstić information content (AvgIpc) is 3.36. The van der Waals surface area contributed by atoms with Crippen LogP contribution in [0.2, 0.25) is 0 Å². The summed E-state index contributed by atoms with van der Waals surface area (Å²) in [5.74, 6) is 1.38. The fraction of sp³-hybridized carbons (Fsp3) is 0.375. The molecule has 1 aromatic carbocycles. The van der Waals surface area contributed by atoms with E-state index in [2.05, 4.69) is 51.8 Å². The second kappa shape index (κ2) is 4.41. The molecule has 2 aliphatic carbocycles. The van der Waals surface area contributed by atoms with Gasteiger partial charge in [0, 0.05) is 5.92 Å². The first kappa shape index (κ1) is 12.6. The van der Waals surface area contributed by atoms with Crippen molar-refractivity contribution in [2.24, 2.45) is 0 Å². The Morgan fingerprint density at radius 3 is 2.50 bits per heavy atom. The second-order valence-corrected chi connectivity index (χ2v) is 6.91. The van der Waals surface area contributed by atoms with E-state index in [0.717, 1.165) is 27.9 Å². The van der Waals surface area contributed by atoms with Crippen LogP contribution in [0.4, 0.5) is 0 Å². The van der Waals surface area contributed by atoms with Gasteiger partial charge < -0.3 is 4.98 Å². The quantitative estimate of drug-likeness (QED) is 0.833. The molecule has 1 N–H and O–H groups in total. The highest BCUT2D eigenvalue weighted by molar-refractivity contribution is 14.1. The summed E-state index contributed by atoms with van der Waals surface area (Å²) >= 11 is 2.13. The van der Waals surface area contributed by atoms with Crippen molar-refractivity contribution in [3.63, 3.8) is 0 Å². The molecule has 102 valence electrons. The SMILES string of the molecule is O=c1[nH]c(C2(c3ccccc3)CC2)nc(C2CC2)c1I. The molecule has 1 aromatic heterocycles. The Kier molecular flexibility index (Phi) is 2.77. The minimum absolute atomic E-state index is 0.0275. The summed E-state index contributed by atoms with van der Waals surface area (Å²) in [5, 5.41) is 0. The molecule has 2 fully saturated rings. The Morgan fingerprint density at radius 2 is 1.90 bits per heavy atom. The molecule has 0 amide bonds. The molecular weight excluding hydrogens is 363 g/mol. The second-order valence-electron chi connectivity index (χ2n) is 5.84. The van der Waals surface area contributed by atoms with Crippen LogP contribution in [0.15, 0.2) is 35.1 Å². The zero-order valence-electron chi connectivity index (χ0n) is 11.0. The molecule has 2 aliphatic rings. The minimum atomic E-state index is -0.0472. The number of nitrogens with one attached hydrogen (secondary N) is 1. The van der Waals surface area contributed by atoms with E-state index in [1.807, 2.05) is 6.07 Å². The Morgan fingerprint density at radius 1 is 1.20 bits per heavy atom. The van der Waals surface area contributed by atoms with E-state index >= 15 is 0 Å². The molecule has 1 heterocycles. The number of hydrogen-bond donors (Lipinski definition) is 1. The fourth-order valence-electron chi connectivity index (χ4n) is 2.87. The van der Waals surface area contributed by atoms with Crippen molar-refractivity contribution in [2.45, 2.75) is 37.0 Å². The third kappa shape index (κ3) is 1.92. The highest BCUT2D eigenvalue weighted by Crippen LogP contribution is 2.52. The average molecular weight is 378 g/mol. The minimum Gasteiger partial charge on any atom is -0.309 e. The van der Waals surface area contributed by atoms with Crippen molar-refractivity contribution < 1.29 is 0 Å².